The summed E-state index contributed by atoms with van der Waals surface area (Å²) >= 11 is 7.82. The summed E-state index contributed by atoms with van der Waals surface area (Å²) in [5.41, 5.74) is 1.72. The lowest BCUT2D eigenvalue weighted by atomic mass is 10.1. The number of amidine groups is 2. The number of halogens is 1. The number of amides is 1. The number of rotatable bonds is 7. The average Bonchev–Trinajstić information content (AvgIpc) is 3.17. The third-order valence-corrected chi connectivity index (χ3v) is 6.08. The third-order valence-electron chi connectivity index (χ3n) is 4.87. The number of nitrogens with one attached hydrogen (secondary N) is 1. The van der Waals surface area contributed by atoms with Crippen LogP contribution in [0.3, 0.4) is 0 Å². The monoisotopic (exact) mass is 482 g/mol. The van der Waals surface area contributed by atoms with Crippen LogP contribution in [0.2, 0.25) is 5.02 Å². The molecule has 1 amide bonds. The number of carbonyl (C=O) groups excluding carboxylic acids is 1. The molecule has 0 unspecified atom stereocenters. The van der Waals surface area contributed by atoms with Crippen molar-refractivity contribution < 1.29 is 14.3 Å². The van der Waals surface area contributed by atoms with Gasteiger partial charge in [0.15, 0.2) is 17.3 Å². The van der Waals surface area contributed by atoms with E-state index in [0.717, 1.165) is 17.0 Å². The summed E-state index contributed by atoms with van der Waals surface area (Å²) < 4.78 is 11.4. The van der Waals surface area contributed by atoms with Crippen molar-refractivity contribution >= 4 is 51.4 Å². The molecule has 0 aliphatic carbocycles. The van der Waals surface area contributed by atoms with Gasteiger partial charge in [-0.15, -0.1) is 0 Å². The highest BCUT2D eigenvalue weighted by atomic mass is 35.5. The molecule has 4 rings (SSSR count). The van der Waals surface area contributed by atoms with Crippen LogP contribution in [-0.2, 0) is 11.4 Å². The summed E-state index contributed by atoms with van der Waals surface area (Å²) in [6, 6.07) is 13.1. The van der Waals surface area contributed by atoms with Crippen LogP contribution in [0.5, 0.6) is 11.5 Å². The number of methoxy groups -OCH3 is 1. The first-order chi connectivity index (χ1) is 15.9. The zero-order valence-corrected chi connectivity index (χ0v) is 20.0. The van der Waals surface area contributed by atoms with Crippen molar-refractivity contribution in [3.63, 3.8) is 0 Å². The number of ether oxygens (including phenoxy) is 2. The van der Waals surface area contributed by atoms with E-state index >= 15 is 0 Å². The number of hydrazone groups is 1. The number of aliphatic imine (C=N–C) groups is 1. The third kappa shape index (κ3) is 5.12. The molecule has 0 radical (unpaired) electrons. The Bertz CT molecular complexity index is 1190. The van der Waals surface area contributed by atoms with E-state index in [0.29, 0.717) is 39.8 Å². The minimum Gasteiger partial charge on any atom is -0.493 e. The van der Waals surface area contributed by atoms with Crippen LogP contribution in [0.1, 0.15) is 31.4 Å². The molecule has 1 N–H and O–H groups in total. The quantitative estimate of drug-likeness (QED) is 0.519. The van der Waals surface area contributed by atoms with Crippen LogP contribution in [0, 0.1) is 11.3 Å². The molecular weight excluding hydrogens is 460 g/mol. The molecule has 0 atom stereocenters. The second-order valence-electron chi connectivity index (χ2n) is 7.92. The van der Waals surface area contributed by atoms with Gasteiger partial charge in [0.1, 0.15) is 11.7 Å². The molecule has 170 valence electrons. The predicted molar refractivity (Wildman–Crippen MR) is 133 cm³/mol. The van der Waals surface area contributed by atoms with Crippen LogP contribution in [0.15, 0.2) is 58.1 Å². The molecular formula is C24H23ClN4O3S. The smallest absolute Gasteiger partial charge is 0.283 e. The molecule has 2 aliphatic rings. The summed E-state index contributed by atoms with van der Waals surface area (Å²) in [6.45, 7) is 4.52. The Morgan fingerprint density at radius 1 is 1.24 bits per heavy atom. The van der Waals surface area contributed by atoms with Crippen molar-refractivity contribution in [1.82, 2.24) is 5.01 Å². The summed E-state index contributed by atoms with van der Waals surface area (Å²) in [6.07, 6.45) is 2.33. The second-order valence-corrected chi connectivity index (χ2v) is 9.37. The Kier molecular flexibility index (Phi) is 6.85. The number of carbonyl (C=O) groups is 1. The van der Waals surface area contributed by atoms with E-state index in [9.17, 15) is 4.79 Å². The van der Waals surface area contributed by atoms with E-state index in [1.54, 1.807) is 18.2 Å². The number of fused-ring (bicyclic) bond motifs is 1. The molecule has 2 aromatic carbocycles. The average molecular weight is 483 g/mol. The molecule has 0 saturated carbocycles. The van der Waals surface area contributed by atoms with E-state index in [2.05, 4.69) is 23.9 Å². The van der Waals surface area contributed by atoms with Gasteiger partial charge in [-0.1, -0.05) is 55.8 Å². The fourth-order valence-electron chi connectivity index (χ4n) is 3.32. The van der Waals surface area contributed by atoms with E-state index in [4.69, 9.17) is 26.5 Å². The lowest BCUT2D eigenvalue weighted by Crippen LogP contribution is -2.35. The van der Waals surface area contributed by atoms with Crippen molar-refractivity contribution in [2.45, 2.75) is 26.9 Å². The van der Waals surface area contributed by atoms with Gasteiger partial charge in [-0.2, -0.15) is 15.1 Å². The van der Waals surface area contributed by atoms with Gasteiger partial charge in [-0.05, 0) is 47.0 Å². The molecule has 7 nitrogen and oxygen atoms in total. The van der Waals surface area contributed by atoms with Crippen molar-refractivity contribution in [2.75, 3.05) is 7.11 Å². The second kappa shape index (κ2) is 9.80. The fourth-order valence-corrected chi connectivity index (χ4v) is 4.69. The Labute approximate surface area is 201 Å². The zero-order chi connectivity index (χ0) is 23.5. The lowest BCUT2D eigenvalue weighted by molar-refractivity contribution is -0.114. The molecule has 0 saturated heterocycles. The van der Waals surface area contributed by atoms with Crippen molar-refractivity contribution in [3.05, 3.63) is 64.2 Å². The molecule has 9 heteroatoms. The van der Waals surface area contributed by atoms with Crippen molar-refractivity contribution in [3.8, 4) is 11.5 Å². The summed E-state index contributed by atoms with van der Waals surface area (Å²) in [5, 5.41) is 16.0. The van der Waals surface area contributed by atoms with Crippen LogP contribution in [0.25, 0.3) is 6.08 Å². The first-order valence-electron chi connectivity index (χ1n) is 10.4. The molecule has 2 aliphatic heterocycles. The number of thioether (sulfide) groups is 1. The minimum atomic E-state index is -0.487. The van der Waals surface area contributed by atoms with Gasteiger partial charge < -0.3 is 9.47 Å². The zero-order valence-electron chi connectivity index (χ0n) is 18.5. The van der Waals surface area contributed by atoms with Gasteiger partial charge in [0.2, 0.25) is 5.17 Å². The van der Waals surface area contributed by atoms with Crippen LogP contribution in [-0.4, -0.2) is 34.1 Å². The Balaban J connectivity index is 1.60. The maximum Gasteiger partial charge on any atom is 0.283 e. The lowest BCUT2D eigenvalue weighted by Gasteiger charge is -2.20. The fraction of sp³-hybridized carbons (Fsp3) is 0.250. The summed E-state index contributed by atoms with van der Waals surface area (Å²) in [7, 11) is 1.52. The normalized spacial score (nSPS) is 16.8. The molecule has 2 heterocycles. The Hall–Kier alpha value is -3.10. The van der Waals surface area contributed by atoms with Crippen molar-refractivity contribution in [2.24, 2.45) is 16.0 Å². The Morgan fingerprint density at radius 2 is 2.00 bits per heavy atom. The standard InChI is InChI=1S/C24H23ClN4O3S/c1-14(2)9-20-28-29-22(26)17(23(30)27-24(29)33-20)10-16-11-18(25)21(19(12-16)31-3)32-13-15-7-5-4-6-8-15/h4-8,10-12,14,26H,9,13H2,1-3H3/b17-10-,26-22?. The predicted octanol–water partition coefficient (Wildman–Crippen LogP) is 5.59. The number of hydrogen-bond donors (Lipinski definition) is 1. The van der Waals surface area contributed by atoms with Crippen LogP contribution in [0.4, 0.5) is 0 Å². The van der Waals surface area contributed by atoms with E-state index in [-0.39, 0.29) is 11.4 Å². The van der Waals surface area contributed by atoms with Gasteiger partial charge in [0, 0.05) is 6.42 Å². The topological polar surface area (TPSA) is 87.3 Å². The highest BCUT2D eigenvalue weighted by molar-refractivity contribution is 8.26. The van der Waals surface area contributed by atoms with Gasteiger partial charge in [-0.25, -0.2) is 0 Å². The maximum absolute atomic E-state index is 12.7. The van der Waals surface area contributed by atoms with Gasteiger partial charge in [-0.3, -0.25) is 10.2 Å². The highest BCUT2D eigenvalue weighted by Gasteiger charge is 2.35. The van der Waals surface area contributed by atoms with E-state index in [1.807, 2.05) is 30.3 Å². The summed E-state index contributed by atoms with van der Waals surface area (Å²) in [5.74, 6) is 0.748. The van der Waals surface area contributed by atoms with Crippen LogP contribution < -0.4 is 9.47 Å². The molecule has 0 fully saturated rings. The molecule has 0 aromatic heterocycles. The SMILES string of the molecule is COc1cc(/C=C2/C(=N)N3N=C(CC(C)C)SC3=NC2=O)cc(Cl)c1OCc1ccccc1. The molecule has 0 bridgehead atoms. The first-order valence-corrected chi connectivity index (χ1v) is 11.6. The van der Waals surface area contributed by atoms with Gasteiger partial charge in [0.05, 0.1) is 17.7 Å². The molecule has 2 aromatic rings. The first kappa shape index (κ1) is 23.1. The van der Waals surface area contributed by atoms with Gasteiger partial charge in [0.25, 0.3) is 5.91 Å². The number of benzene rings is 2. The van der Waals surface area contributed by atoms with E-state index < -0.39 is 5.91 Å². The van der Waals surface area contributed by atoms with Crippen molar-refractivity contribution in [1.29, 1.82) is 5.41 Å². The number of nitrogens with zero attached hydrogens (tertiary/aromatic N) is 3. The molecule has 33 heavy (non-hydrogen) atoms. The Morgan fingerprint density at radius 3 is 2.70 bits per heavy atom. The van der Waals surface area contributed by atoms with Gasteiger partial charge >= 0.3 is 0 Å². The minimum absolute atomic E-state index is 0.0178. The van der Waals surface area contributed by atoms with Crippen LogP contribution >= 0.6 is 23.4 Å². The number of hydrogen-bond acceptors (Lipinski definition) is 6. The van der Waals surface area contributed by atoms with E-state index in [1.165, 1.54) is 23.9 Å². The largest absolute Gasteiger partial charge is 0.493 e. The highest BCUT2D eigenvalue weighted by Crippen LogP contribution is 2.38. The maximum atomic E-state index is 12.7. The summed E-state index contributed by atoms with van der Waals surface area (Å²) in [4.78, 5) is 16.8. The molecule has 0 spiro atoms.